The fraction of sp³-hybridized carbons (Fsp3) is 0.455. The van der Waals surface area contributed by atoms with Gasteiger partial charge in [-0.3, -0.25) is 4.79 Å². The van der Waals surface area contributed by atoms with E-state index in [4.69, 9.17) is 14.2 Å². The summed E-state index contributed by atoms with van der Waals surface area (Å²) in [6.07, 6.45) is 1.54. The molecule has 0 amide bonds. The van der Waals surface area contributed by atoms with Gasteiger partial charge in [-0.05, 0) is 50.5 Å². The van der Waals surface area contributed by atoms with Crippen molar-refractivity contribution < 1.29 is 23.8 Å². The van der Waals surface area contributed by atoms with E-state index in [2.05, 4.69) is 4.98 Å². The molecule has 2 aromatic rings. The van der Waals surface area contributed by atoms with E-state index in [1.165, 1.54) is 0 Å². The first kappa shape index (κ1) is 20.0. The van der Waals surface area contributed by atoms with Gasteiger partial charge < -0.3 is 19.2 Å². The van der Waals surface area contributed by atoms with Crippen LogP contribution >= 0.6 is 0 Å². The molecule has 0 saturated heterocycles. The summed E-state index contributed by atoms with van der Waals surface area (Å²) in [5.74, 6) is 0.995. The molecule has 0 radical (unpaired) electrons. The van der Waals surface area contributed by atoms with E-state index in [-0.39, 0.29) is 17.8 Å². The van der Waals surface area contributed by atoms with Gasteiger partial charge in [-0.1, -0.05) is 6.92 Å². The Hall–Kier alpha value is -2.76. The fourth-order valence-electron chi connectivity index (χ4n) is 3.74. The normalized spacial score (nSPS) is 17.0. The van der Waals surface area contributed by atoms with Crippen LogP contribution in [0.5, 0.6) is 11.5 Å². The predicted octanol–water partition coefficient (Wildman–Crippen LogP) is 4.21. The number of ketones is 1. The van der Waals surface area contributed by atoms with Gasteiger partial charge in [0.1, 0.15) is 17.2 Å². The third-order valence-electron chi connectivity index (χ3n) is 5.45. The zero-order valence-corrected chi connectivity index (χ0v) is 17.0. The van der Waals surface area contributed by atoms with Crippen LogP contribution in [-0.4, -0.2) is 37.1 Å². The summed E-state index contributed by atoms with van der Waals surface area (Å²) >= 11 is 0. The number of nitrogens with one attached hydrogen (secondary N) is 1. The summed E-state index contributed by atoms with van der Waals surface area (Å²) in [5, 5.41) is 0. The van der Waals surface area contributed by atoms with Crippen LogP contribution in [0.3, 0.4) is 0 Å². The van der Waals surface area contributed by atoms with Crippen molar-refractivity contribution in [2.24, 2.45) is 0 Å². The number of H-pyrrole nitrogens is 1. The van der Waals surface area contributed by atoms with Gasteiger partial charge in [-0.25, -0.2) is 4.79 Å². The van der Waals surface area contributed by atoms with E-state index in [1.54, 1.807) is 21.1 Å². The highest BCUT2D eigenvalue weighted by Gasteiger charge is 2.33. The first-order valence-corrected chi connectivity index (χ1v) is 9.57. The molecule has 1 N–H and O–H groups in total. The standard InChI is InChI=1S/C22H27NO5/c1-6-12(2)28-22(25)21-13(3)20-17(23-21)9-14(10-18(20)24)16-11-15(26-4)7-8-19(16)27-5/h7-8,11-12,14,23H,6,9-10H2,1-5H3/t12-,14+/m1/s1. The minimum atomic E-state index is -0.412. The number of carbonyl (C=O) groups excluding carboxylic acids is 2. The molecule has 6 heteroatoms. The number of fused-ring (bicyclic) bond motifs is 1. The Morgan fingerprint density at radius 2 is 2.00 bits per heavy atom. The lowest BCUT2D eigenvalue weighted by Gasteiger charge is -2.24. The van der Waals surface area contributed by atoms with E-state index in [1.807, 2.05) is 32.0 Å². The van der Waals surface area contributed by atoms with Crippen molar-refractivity contribution in [1.82, 2.24) is 4.98 Å². The van der Waals surface area contributed by atoms with E-state index in [0.29, 0.717) is 29.7 Å². The molecule has 0 unspecified atom stereocenters. The van der Waals surface area contributed by atoms with Crippen LogP contribution in [0.4, 0.5) is 0 Å². The van der Waals surface area contributed by atoms with Gasteiger partial charge in [-0.15, -0.1) is 0 Å². The van der Waals surface area contributed by atoms with E-state index >= 15 is 0 Å². The zero-order valence-electron chi connectivity index (χ0n) is 17.0. The number of methoxy groups -OCH3 is 2. The Labute approximate surface area is 165 Å². The van der Waals surface area contributed by atoms with Crippen LogP contribution in [0.25, 0.3) is 0 Å². The Kier molecular flexibility index (Phi) is 5.77. The Balaban J connectivity index is 1.95. The molecular weight excluding hydrogens is 358 g/mol. The molecule has 2 atom stereocenters. The number of ether oxygens (including phenoxy) is 3. The predicted molar refractivity (Wildman–Crippen MR) is 106 cm³/mol. The number of aromatic nitrogens is 1. The van der Waals surface area contributed by atoms with Gasteiger partial charge in [0, 0.05) is 29.2 Å². The molecule has 28 heavy (non-hydrogen) atoms. The Bertz CT molecular complexity index is 899. The summed E-state index contributed by atoms with van der Waals surface area (Å²) in [7, 11) is 3.22. The molecule has 1 heterocycles. The zero-order chi connectivity index (χ0) is 20.4. The molecular formula is C22H27NO5. The van der Waals surface area contributed by atoms with Crippen LogP contribution < -0.4 is 9.47 Å². The van der Waals surface area contributed by atoms with Crippen LogP contribution in [0.15, 0.2) is 18.2 Å². The second-order valence-electron chi connectivity index (χ2n) is 7.24. The molecule has 3 rings (SSSR count). The highest BCUT2D eigenvalue weighted by Crippen LogP contribution is 2.40. The van der Waals surface area contributed by atoms with E-state index < -0.39 is 5.97 Å². The second-order valence-corrected chi connectivity index (χ2v) is 7.24. The molecule has 150 valence electrons. The van der Waals surface area contributed by atoms with Crippen molar-refractivity contribution >= 4 is 11.8 Å². The molecule has 0 aliphatic heterocycles. The van der Waals surface area contributed by atoms with Crippen molar-refractivity contribution in [2.45, 2.75) is 52.1 Å². The van der Waals surface area contributed by atoms with Crippen LogP contribution in [0.2, 0.25) is 0 Å². The van der Waals surface area contributed by atoms with Crippen molar-refractivity contribution in [3.05, 3.63) is 46.3 Å². The Morgan fingerprint density at radius 1 is 1.25 bits per heavy atom. The van der Waals surface area contributed by atoms with Crippen molar-refractivity contribution in [2.75, 3.05) is 14.2 Å². The minimum Gasteiger partial charge on any atom is -0.497 e. The number of esters is 1. The maximum absolute atomic E-state index is 12.9. The average Bonchev–Trinajstić information content (AvgIpc) is 3.04. The lowest BCUT2D eigenvalue weighted by atomic mass is 9.81. The molecule has 0 saturated carbocycles. The molecule has 1 aliphatic rings. The smallest absolute Gasteiger partial charge is 0.355 e. The SMILES string of the molecule is CC[C@@H](C)OC(=O)c1[nH]c2c(c1C)C(=O)C[C@@H](c1cc(OC)ccc1OC)C2. The largest absolute Gasteiger partial charge is 0.497 e. The van der Waals surface area contributed by atoms with Gasteiger partial charge in [0.2, 0.25) is 0 Å². The molecule has 1 aromatic carbocycles. The monoisotopic (exact) mass is 385 g/mol. The number of rotatable bonds is 6. The van der Waals surface area contributed by atoms with Crippen LogP contribution in [-0.2, 0) is 11.2 Å². The fourth-order valence-corrected chi connectivity index (χ4v) is 3.74. The number of Topliss-reactive ketones (excluding diaryl/α,β-unsaturated/α-hetero) is 1. The Morgan fingerprint density at radius 3 is 2.64 bits per heavy atom. The van der Waals surface area contributed by atoms with Gasteiger partial charge in [0.15, 0.2) is 5.78 Å². The van der Waals surface area contributed by atoms with Gasteiger partial charge >= 0.3 is 5.97 Å². The van der Waals surface area contributed by atoms with Crippen LogP contribution in [0.1, 0.15) is 70.3 Å². The number of benzene rings is 1. The second kappa shape index (κ2) is 8.09. The maximum atomic E-state index is 12.9. The molecule has 1 aromatic heterocycles. The summed E-state index contributed by atoms with van der Waals surface area (Å²) in [6.45, 7) is 5.61. The van der Waals surface area contributed by atoms with Gasteiger partial charge in [-0.2, -0.15) is 0 Å². The van der Waals surface area contributed by atoms with Crippen molar-refractivity contribution in [3.8, 4) is 11.5 Å². The lowest BCUT2D eigenvalue weighted by molar-refractivity contribution is 0.0327. The quantitative estimate of drug-likeness (QED) is 0.754. The molecule has 1 aliphatic carbocycles. The van der Waals surface area contributed by atoms with Crippen molar-refractivity contribution in [3.63, 3.8) is 0 Å². The third kappa shape index (κ3) is 3.63. The highest BCUT2D eigenvalue weighted by molar-refractivity contribution is 6.03. The minimum absolute atomic E-state index is 0.0208. The molecule has 0 bridgehead atoms. The van der Waals surface area contributed by atoms with E-state index in [0.717, 1.165) is 29.2 Å². The summed E-state index contributed by atoms with van der Waals surface area (Å²) in [6, 6.07) is 5.60. The lowest BCUT2D eigenvalue weighted by Crippen LogP contribution is -2.19. The maximum Gasteiger partial charge on any atom is 0.355 e. The molecule has 6 nitrogen and oxygen atoms in total. The first-order chi connectivity index (χ1) is 13.4. The first-order valence-electron chi connectivity index (χ1n) is 9.57. The highest BCUT2D eigenvalue weighted by atomic mass is 16.5. The van der Waals surface area contributed by atoms with Gasteiger partial charge in [0.05, 0.1) is 20.3 Å². The van der Waals surface area contributed by atoms with Crippen LogP contribution in [0, 0.1) is 6.92 Å². The van der Waals surface area contributed by atoms with E-state index in [9.17, 15) is 9.59 Å². The van der Waals surface area contributed by atoms with Gasteiger partial charge in [0.25, 0.3) is 0 Å². The summed E-state index contributed by atoms with van der Waals surface area (Å²) in [4.78, 5) is 28.6. The van der Waals surface area contributed by atoms with Crippen molar-refractivity contribution in [1.29, 1.82) is 0 Å². The number of carbonyl (C=O) groups is 2. The topological polar surface area (TPSA) is 77.6 Å². The molecule has 0 spiro atoms. The summed E-state index contributed by atoms with van der Waals surface area (Å²) in [5.41, 5.74) is 3.37. The molecule has 0 fully saturated rings. The summed E-state index contributed by atoms with van der Waals surface area (Å²) < 4.78 is 16.3. The number of aromatic amines is 1. The third-order valence-corrected chi connectivity index (χ3v) is 5.45. The number of hydrogen-bond acceptors (Lipinski definition) is 5. The average molecular weight is 385 g/mol. The number of hydrogen-bond donors (Lipinski definition) is 1.